The second-order valence-electron chi connectivity index (χ2n) is 5.55. The van der Waals surface area contributed by atoms with Crippen LogP contribution in [0.5, 0.6) is 0 Å². The number of aromatic amines is 1. The molecule has 0 spiro atoms. The largest absolute Gasteiger partial charge is 0.384 e. The van der Waals surface area contributed by atoms with E-state index in [4.69, 9.17) is 11.6 Å². The molecule has 4 rings (SSSR count). The molecule has 0 fully saturated rings. The minimum absolute atomic E-state index is 0.541. The number of hydrogen-bond acceptors (Lipinski definition) is 5. The summed E-state index contributed by atoms with van der Waals surface area (Å²) in [7, 11) is 0. The first-order valence-corrected chi connectivity index (χ1v) is 8.86. The normalized spacial score (nSPS) is 12.3. The van der Waals surface area contributed by atoms with Crippen LogP contribution in [-0.2, 0) is 0 Å². The van der Waals surface area contributed by atoms with Gasteiger partial charge >= 0.3 is 0 Å². The fourth-order valence-electron chi connectivity index (χ4n) is 2.63. The van der Waals surface area contributed by atoms with Crippen molar-refractivity contribution in [3.63, 3.8) is 0 Å². The number of nitrogens with one attached hydrogen (secondary N) is 1. The highest BCUT2D eigenvalue weighted by atomic mass is 35.5. The average Bonchev–Trinajstić information content (AvgIpc) is 3.31. The molecule has 0 aliphatic carbocycles. The number of aliphatic hydroxyl groups is 1. The summed E-state index contributed by atoms with van der Waals surface area (Å²) in [4.78, 5) is 9.30. The highest BCUT2D eigenvalue weighted by Gasteiger charge is 2.22. The van der Waals surface area contributed by atoms with E-state index in [2.05, 4.69) is 20.2 Å². The number of nitrogens with zero attached hydrogens (tertiary/aromatic N) is 3. The van der Waals surface area contributed by atoms with Gasteiger partial charge in [-0.1, -0.05) is 23.7 Å². The minimum atomic E-state index is -0.885. The van der Waals surface area contributed by atoms with Crippen LogP contribution in [0, 0.1) is 5.95 Å². The molecule has 0 saturated carbocycles. The number of pyridine rings is 1. The first-order valence-electron chi connectivity index (χ1n) is 7.67. The molecule has 8 heteroatoms. The van der Waals surface area contributed by atoms with Crippen LogP contribution in [0.4, 0.5) is 4.39 Å². The molecular formula is C18H12ClFN4OS. The molecule has 0 aliphatic heterocycles. The minimum Gasteiger partial charge on any atom is -0.384 e. The van der Waals surface area contributed by atoms with E-state index in [1.165, 1.54) is 29.9 Å². The van der Waals surface area contributed by atoms with Gasteiger partial charge < -0.3 is 5.11 Å². The predicted octanol–water partition coefficient (Wildman–Crippen LogP) is 4.47. The van der Waals surface area contributed by atoms with Crippen LogP contribution in [0.25, 0.3) is 21.1 Å². The van der Waals surface area contributed by atoms with Crippen molar-refractivity contribution in [2.75, 3.05) is 0 Å². The molecule has 130 valence electrons. The summed E-state index contributed by atoms with van der Waals surface area (Å²) in [6.45, 7) is 0. The Balaban J connectivity index is 1.83. The fraction of sp³-hybridized carbons (Fsp3) is 0.0556. The molecule has 4 aromatic rings. The van der Waals surface area contributed by atoms with Crippen LogP contribution in [0.2, 0.25) is 5.02 Å². The van der Waals surface area contributed by atoms with Gasteiger partial charge in [-0.3, -0.25) is 5.10 Å². The highest BCUT2D eigenvalue weighted by Crippen LogP contribution is 2.41. The summed E-state index contributed by atoms with van der Waals surface area (Å²) in [5.74, 6) is -0.0179. The van der Waals surface area contributed by atoms with Crippen LogP contribution in [0.3, 0.4) is 0 Å². The van der Waals surface area contributed by atoms with Gasteiger partial charge in [0, 0.05) is 27.7 Å². The van der Waals surface area contributed by atoms with E-state index in [0.717, 1.165) is 9.75 Å². The van der Waals surface area contributed by atoms with Gasteiger partial charge in [0.15, 0.2) is 5.82 Å². The lowest BCUT2D eigenvalue weighted by Gasteiger charge is -2.11. The summed E-state index contributed by atoms with van der Waals surface area (Å²) in [6, 6.07) is 11.9. The Kier molecular flexibility index (Phi) is 4.50. The zero-order valence-electron chi connectivity index (χ0n) is 13.2. The Morgan fingerprint density at radius 3 is 2.62 bits per heavy atom. The summed E-state index contributed by atoms with van der Waals surface area (Å²) in [6.07, 6.45) is 1.93. The van der Waals surface area contributed by atoms with Crippen molar-refractivity contribution in [1.29, 1.82) is 0 Å². The summed E-state index contributed by atoms with van der Waals surface area (Å²) in [5, 5.41) is 18.2. The molecule has 5 nitrogen and oxygen atoms in total. The molecule has 0 radical (unpaired) electrons. The molecule has 1 aromatic carbocycles. The van der Waals surface area contributed by atoms with E-state index in [1.807, 2.05) is 6.07 Å². The molecule has 1 atom stereocenters. The quantitative estimate of drug-likeness (QED) is 0.507. The van der Waals surface area contributed by atoms with Crippen molar-refractivity contribution in [3.05, 3.63) is 77.1 Å². The van der Waals surface area contributed by atoms with Crippen molar-refractivity contribution in [2.24, 2.45) is 0 Å². The molecule has 0 aliphatic rings. The van der Waals surface area contributed by atoms with Gasteiger partial charge in [-0.05, 0) is 35.4 Å². The zero-order chi connectivity index (χ0) is 18.1. The standard InChI is InChI=1S/C18H12ClFN4OS/c19-12-3-1-10(2-4-12)16(25)13-8-14(11-5-6-21-15(20)7-11)26-17(13)18-22-9-23-24-18/h1-9,16,25H,(H,22,23,24)/t16-/m1/s1. The van der Waals surface area contributed by atoms with E-state index in [-0.39, 0.29) is 0 Å². The number of thiophene rings is 1. The third-order valence-electron chi connectivity index (χ3n) is 3.88. The molecule has 2 N–H and O–H groups in total. The average molecular weight is 387 g/mol. The molecule has 3 aromatic heterocycles. The lowest BCUT2D eigenvalue weighted by Crippen LogP contribution is -2.00. The van der Waals surface area contributed by atoms with Gasteiger partial charge in [0.25, 0.3) is 0 Å². The van der Waals surface area contributed by atoms with E-state index >= 15 is 0 Å². The van der Waals surface area contributed by atoms with Gasteiger partial charge in [0.05, 0.1) is 4.88 Å². The third-order valence-corrected chi connectivity index (χ3v) is 5.34. The van der Waals surface area contributed by atoms with Crippen LogP contribution in [-0.4, -0.2) is 25.3 Å². The Bertz CT molecular complexity index is 1030. The van der Waals surface area contributed by atoms with Crippen LogP contribution < -0.4 is 0 Å². The Labute approximate surface area is 157 Å². The van der Waals surface area contributed by atoms with Crippen LogP contribution in [0.15, 0.2) is 55.0 Å². The first-order chi connectivity index (χ1) is 12.6. The summed E-state index contributed by atoms with van der Waals surface area (Å²) in [5.41, 5.74) is 2.03. The van der Waals surface area contributed by atoms with E-state index in [9.17, 15) is 9.50 Å². The number of aliphatic hydroxyl groups excluding tert-OH is 1. The summed E-state index contributed by atoms with van der Waals surface area (Å²) >= 11 is 7.32. The lowest BCUT2D eigenvalue weighted by molar-refractivity contribution is 0.221. The summed E-state index contributed by atoms with van der Waals surface area (Å²) < 4.78 is 13.5. The van der Waals surface area contributed by atoms with Crippen molar-refractivity contribution in [3.8, 4) is 21.1 Å². The zero-order valence-corrected chi connectivity index (χ0v) is 14.8. The number of aromatic nitrogens is 4. The topological polar surface area (TPSA) is 74.7 Å². The van der Waals surface area contributed by atoms with Gasteiger partial charge in [-0.25, -0.2) is 9.97 Å². The Morgan fingerprint density at radius 2 is 1.92 bits per heavy atom. The number of benzene rings is 1. The predicted molar refractivity (Wildman–Crippen MR) is 98.4 cm³/mol. The first kappa shape index (κ1) is 16.8. The number of rotatable bonds is 4. The number of halogens is 2. The molecule has 3 heterocycles. The second-order valence-corrected chi connectivity index (χ2v) is 7.04. The number of hydrogen-bond donors (Lipinski definition) is 2. The van der Waals surface area contributed by atoms with Crippen molar-refractivity contribution in [2.45, 2.75) is 6.10 Å². The second kappa shape index (κ2) is 6.95. The maximum absolute atomic E-state index is 13.5. The Hall–Kier alpha value is -2.61. The van der Waals surface area contributed by atoms with Crippen molar-refractivity contribution in [1.82, 2.24) is 20.2 Å². The molecule has 0 bridgehead atoms. The molecule has 0 unspecified atom stereocenters. The monoisotopic (exact) mass is 386 g/mol. The highest BCUT2D eigenvalue weighted by molar-refractivity contribution is 7.19. The smallest absolute Gasteiger partial charge is 0.213 e. The molecule has 26 heavy (non-hydrogen) atoms. The maximum atomic E-state index is 13.5. The van der Waals surface area contributed by atoms with Gasteiger partial charge in [-0.2, -0.15) is 9.49 Å². The van der Waals surface area contributed by atoms with Crippen LogP contribution in [0.1, 0.15) is 17.2 Å². The molecule has 0 saturated heterocycles. The molecule has 0 amide bonds. The van der Waals surface area contributed by atoms with Gasteiger partial charge in [-0.15, -0.1) is 11.3 Å². The number of H-pyrrole nitrogens is 1. The van der Waals surface area contributed by atoms with Gasteiger partial charge in [0.2, 0.25) is 5.95 Å². The SMILES string of the molecule is O[C@H](c1ccc(Cl)cc1)c1cc(-c2ccnc(F)c2)sc1-c1ncn[nH]1. The fourth-order valence-corrected chi connectivity index (χ4v) is 3.89. The van der Waals surface area contributed by atoms with Crippen LogP contribution >= 0.6 is 22.9 Å². The Morgan fingerprint density at radius 1 is 1.12 bits per heavy atom. The molecular weight excluding hydrogens is 375 g/mol. The van der Waals surface area contributed by atoms with E-state index in [0.29, 0.717) is 27.5 Å². The lowest BCUT2D eigenvalue weighted by atomic mass is 10.0. The van der Waals surface area contributed by atoms with E-state index < -0.39 is 12.1 Å². The maximum Gasteiger partial charge on any atom is 0.213 e. The third kappa shape index (κ3) is 3.24. The van der Waals surface area contributed by atoms with Crippen molar-refractivity contribution >= 4 is 22.9 Å². The van der Waals surface area contributed by atoms with E-state index in [1.54, 1.807) is 30.3 Å². The van der Waals surface area contributed by atoms with Gasteiger partial charge in [0.1, 0.15) is 12.4 Å². The van der Waals surface area contributed by atoms with Crippen molar-refractivity contribution < 1.29 is 9.50 Å².